The van der Waals surface area contributed by atoms with Gasteiger partial charge in [-0.2, -0.15) is 0 Å². The number of hydrogen-bond donors (Lipinski definition) is 0. The van der Waals surface area contributed by atoms with Gasteiger partial charge in [0.05, 0.1) is 13.3 Å². The molecule has 1 fully saturated rings. The second kappa shape index (κ2) is 7.40. The van der Waals surface area contributed by atoms with Crippen LogP contribution in [-0.4, -0.2) is 59.0 Å². The number of carbonyl (C=O) groups is 1. The number of carbonyl (C=O) groups excluding carboxylic acids is 1. The van der Waals surface area contributed by atoms with Gasteiger partial charge in [-0.3, -0.25) is 14.7 Å². The molecule has 0 bridgehead atoms. The number of aromatic nitrogens is 2. The highest BCUT2D eigenvalue weighted by Crippen LogP contribution is 2.22. The predicted molar refractivity (Wildman–Crippen MR) is 90.9 cm³/mol. The van der Waals surface area contributed by atoms with Gasteiger partial charge in [0, 0.05) is 50.7 Å². The Hall–Kier alpha value is -2.47. The number of hydrogen-bond acceptors (Lipinski definition) is 5. The molecule has 1 aromatic carbocycles. The standard InChI is InChI=1S/C18H22N4O2/c1-14-3-4-17(24-2)15(11-14)13-21-7-9-22(10-8-21)18(23)16-12-19-5-6-20-16/h3-6,11-12H,7-10,13H2,1-2H3. The van der Waals surface area contributed by atoms with Gasteiger partial charge in [-0.15, -0.1) is 0 Å². The topological polar surface area (TPSA) is 58.6 Å². The summed E-state index contributed by atoms with van der Waals surface area (Å²) in [6.45, 7) is 5.98. The molecule has 0 atom stereocenters. The highest BCUT2D eigenvalue weighted by Gasteiger charge is 2.23. The summed E-state index contributed by atoms with van der Waals surface area (Å²) in [4.78, 5) is 24.6. The number of piperazine rings is 1. The number of methoxy groups -OCH3 is 1. The lowest BCUT2D eigenvalue weighted by Crippen LogP contribution is -2.48. The van der Waals surface area contributed by atoms with Crippen LogP contribution in [0.2, 0.25) is 0 Å². The molecular formula is C18H22N4O2. The molecule has 0 spiro atoms. The normalized spacial score (nSPS) is 15.3. The fourth-order valence-corrected chi connectivity index (χ4v) is 2.95. The number of ether oxygens (including phenoxy) is 1. The molecule has 6 nitrogen and oxygen atoms in total. The molecule has 0 N–H and O–H groups in total. The van der Waals surface area contributed by atoms with Crippen molar-refractivity contribution in [3.8, 4) is 5.75 Å². The van der Waals surface area contributed by atoms with Crippen molar-refractivity contribution < 1.29 is 9.53 Å². The molecule has 24 heavy (non-hydrogen) atoms. The van der Waals surface area contributed by atoms with E-state index >= 15 is 0 Å². The van der Waals surface area contributed by atoms with E-state index in [2.05, 4.69) is 33.9 Å². The van der Waals surface area contributed by atoms with Crippen molar-refractivity contribution in [1.82, 2.24) is 19.8 Å². The molecule has 1 aliphatic heterocycles. The second-order valence-electron chi connectivity index (χ2n) is 5.97. The zero-order valence-electron chi connectivity index (χ0n) is 14.1. The Morgan fingerprint density at radius 1 is 1.21 bits per heavy atom. The zero-order valence-corrected chi connectivity index (χ0v) is 14.1. The third-order valence-electron chi connectivity index (χ3n) is 4.27. The molecule has 0 radical (unpaired) electrons. The first-order valence-electron chi connectivity index (χ1n) is 8.08. The van der Waals surface area contributed by atoms with E-state index in [-0.39, 0.29) is 5.91 Å². The second-order valence-corrected chi connectivity index (χ2v) is 5.97. The van der Waals surface area contributed by atoms with Gasteiger partial charge in [0.2, 0.25) is 0 Å². The van der Waals surface area contributed by atoms with Gasteiger partial charge in [-0.1, -0.05) is 17.7 Å². The van der Waals surface area contributed by atoms with E-state index in [9.17, 15) is 4.79 Å². The van der Waals surface area contributed by atoms with E-state index in [1.807, 2.05) is 11.0 Å². The molecule has 2 aromatic rings. The fourth-order valence-electron chi connectivity index (χ4n) is 2.95. The summed E-state index contributed by atoms with van der Waals surface area (Å²) in [5.41, 5.74) is 2.82. The lowest BCUT2D eigenvalue weighted by molar-refractivity contribution is 0.0621. The van der Waals surface area contributed by atoms with E-state index in [0.717, 1.165) is 25.4 Å². The summed E-state index contributed by atoms with van der Waals surface area (Å²) in [6.07, 6.45) is 4.64. The van der Waals surface area contributed by atoms with E-state index in [0.29, 0.717) is 18.8 Å². The van der Waals surface area contributed by atoms with Gasteiger partial charge < -0.3 is 9.64 Å². The summed E-state index contributed by atoms with van der Waals surface area (Å²) < 4.78 is 5.45. The average molecular weight is 326 g/mol. The van der Waals surface area contributed by atoms with Crippen LogP contribution in [0.1, 0.15) is 21.6 Å². The maximum Gasteiger partial charge on any atom is 0.274 e. The summed E-state index contributed by atoms with van der Waals surface area (Å²) in [7, 11) is 1.70. The highest BCUT2D eigenvalue weighted by molar-refractivity contribution is 5.92. The van der Waals surface area contributed by atoms with Gasteiger partial charge in [0.25, 0.3) is 5.91 Å². The number of aryl methyl sites for hydroxylation is 1. The summed E-state index contributed by atoms with van der Waals surface area (Å²) in [5, 5.41) is 0. The Morgan fingerprint density at radius 3 is 2.67 bits per heavy atom. The Bertz CT molecular complexity index is 697. The van der Waals surface area contributed by atoms with Crippen LogP contribution in [0, 0.1) is 6.92 Å². The minimum atomic E-state index is -0.0455. The lowest BCUT2D eigenvalue weighted by Gasteiger charge is -2.34. The van der Waals surface area contributed by atoms with Crippen molar-refractivity contribution in [3.63, 3.8) is 0 Å². The quantitative estimate of drug-likeness (QED) is 0.857. The molecule has 2 heterocycles. The van der Waals surface area contributed by atoms with Crippen LogP contribution in [0.4, 0.5) is 0 Å². The maximum atomic E-state index is 12.4. The summed E-state index contributed by atoms with van der Waals surface area (Å²) in [6, 6.07) is 6.23. The molecule has 6 heteroatoms. The van der Waals surface area contributed by atoms with Crippen molar-refractivity contribution in [2.75, 3.05) is 33.3 Å². The number of nitrogens with zero attached hydrogens (tertiary/aromatic N) is 4. The number of benzene rings is 1. The van der Waals surface area contributed by atoms with Gasteiger partial charge in [0.1, 0.15) is 11.4 Å². The van der Waals surface area contributed by atoms with Crippen molar-refractivity contribution in [2.24, 2.45) is 0 Å². The van der Waals surface area contributed by atoms with Crippen LogP contribution in [0.3, 0.4) is 0 Å². The smallest absolute Gasteiger partial charge is 0.274 e. The highest BCUT2D eigenvalue weighted by atomic mass is 16.5. The van der Waals surface area contributed by atoms with Crippen LogP contribution in [-0.2, 0) is 6.54 Å². The third kappa shape index (κ3) is 3.71. The first-order valence-corrected chi connectivity index (χ1v) is 8.08. The van der Waals surface area contributed by atoms with Crippen molar-refractivity contribution in [1.29, 1.82) is 0 Å². The van der Waals surface area contributed by atoms with E-state index < -0.39 is 0 Å². The number of amides is 1. The fraction of sp³-hybridized carbons (Fsp3) is 0.389. The molecule has 1 aromatic heterocycles. The van der Waals surface area contributed by atoms with E-state index in [1.54, 1.807) is 19.5 Å². The molecule has 1 amide bonds. The van der Waals surface area contributed by atoms with Gasteiger partial charge in [0.15, 0.2) is 0 Å². The predicted octanol–water partition coefficient (Wildman–Crippen LogP) is 1.75. The molecule has 0 saturated carbocycles. The lowest BCUT2D eigenvalue weighted by atomic mass is 10.1. The largest absolute Gasteiger partial charge is 0.496 e. The molecule has 126 valence electrons. The first kappa shape index (κ1) is 16.4. The van der Waals surface area contributed by atoms with Crippen molar-refractivity contribution >= 4 is 5.91 Å². The minimum Gasteiger partial charge on any atom is -0.496 e. The maximum absolute atomic E-state index is 12.4. The van der Waals surface area contributed by atoms with E-state index in [1.165, 1.54) is 17.3 Å². The SMILES string of the molecule is COc1ccc(C)cc1CN1CCN(C(=O)c2cnccn2)CC1. The monoisotopic (exact) mass is 326 g/mol. The first-order chi connectivity index (χ1) is 11.7. The third-order valence-corrected chi connectivity index (χ3v) is 4.27. The summed E-state index contributed by atoms with van der Waals surface area (Å²) in [5.74, 6) is 0.870. The van der Waals surface area contributed by atoms with E-state index in [4.69, 9.17) is 4.74 Å². The van der Waals surface area contributed by atoms with Crippen LogP contribution < -0.4 is 4.74 Å². The molecule has 3 rings (SSSR count). The molecule has 1 aliphatic rings. The molecule has 0 unspecified atom stereocenters. The van der Waals surface area contributed by atoms with Crippen LogP contribution in [0.25, 0.3) is 0 Å². The van der Waals surface area contributed by atoms with Gasteiger partial charge >= 0.3 is 0 Å². The number of rotatable bonds is 4. The summed E-state index contributed by atoms with van der Waals surface area (Å²) >= 11 is 0. The minimum absolute atomic E-state index is 0.0455. The Balaban J connectivity index is 1.60. The molecular weight excluding hydrogens is 304 g/mol. The van der Waals surface area contributed by atoms with Gasteiger partial charge in [-0.05, 0) is 13.0 Å². The Morgan fingerprint density at radius 2 is 2.00 bits per heavy atom. The van der Waals surface area contributed by atoms with Crippen molar-refractivity contribution in [3.05, 3.63) is 53.6 Å². The zero-order chi connectivity index (χ0) is 16.9. The van der Waals surface area contributed by atoms with Crippen molar-refractivity contribution in [2.45, 2.75) is 13.5 Å². The Labute approximate surface area is 142 Å². The molecule has 0 aliphatic carbocycles. The molecule has 1 saturated heterocycles. The van der Waals surface area contributed by atoms with Crippen LogP contribution >= 0.6 is 0 Å². The van der Waals surface area contributed by atoms with Gasteiger partial charge in [-0.25, -0.2) is 4.98 Å². The van der Waals surface area contributed by atoms with Crippen LogP contribution in [0.5, 0.6) is 5.75 Å². The average Bonchev–Trinajstić information content (AvgIpc) is 2.63. The Kier molecular flexibility index (Phi) is 5.05. The van der Waals surface area contributed by atoms with Crippen LogP contribution in [0.15, 0.2) is 36.8 Å².